The van der Waals surface area contributed by atoms with E-state index in [9.17, 15) is 9.59 Å². The van der Waals surface area contributed by atoms with Gasteiger partial charge in [0.15, 0.2) is 0 Å². The number of hydrogen-bond donors (Lipinski definition) is 2. The smallest absolute Gasteiger partial charge is 0.270 e. The van der Waals surface area contributed by atoms with Crippen molar-refractivity contribution in [2.75, 3.05) is 0 Å². The summed E-state index contributed by atoms with van der Waals surface area (Å²) in [6, 6.07) is 6.85. The summed E-state index contributed by atoms with van der Waals surface area (Å²) in [4.78, 5) is 32.2. The predicted molar refractivity (Wildman–Crippen MR) is 86.9 cm³/mol. The predicted octanol–water partition coefficient (Wildman–Crippen LogP) is 1.93. The average Bonchev–Trinajstić information content (AvgIpc) is 2.60. The molecule has 2 aromatic rings. The number of rotatable bonds is 6. The largest absolute Gasteiger partial charge is 0.350 e. The molecule has 0 saturated carbocycles. The Hall–Kier alpha value is -2.76. The lowest BCUT2D eigenvalue weighted by molar-refractivity contribution is 0.0939. The van der Waals surface area contributed by atoms with Crippen molar-refractivity contribution in [1.82, 2.24) is 20.6 Å². The molecule has 2 amide bonds. The fraction of sp³-hybridized carbons (Fsp3) is 0.294. The van der Waals surface area contributed by atoms with Gasteiger partial charge in [-0.1, -0.05) is 13.0 Å². The van der Waals surface area contributed by atoms with Gasteiger partial charge in [-0.15, -0.1) is 0 Å². The molecule has 23 heavy (non-hydrogen) atoms. The first-order valence-corrected chi connectivity index (χ1v) is 7.54. The Morgan fingerprint density at radius 3 is 2.74 bits per heavy atom. The second kappa shape index (κ2) is 8.03. The van der Waals surface area contributed by atoms with Crippen LogP contribution in [0.25, 0.3) is 0 Å². The summed E-state index contributed by atoms with van der Waals surface area (Å²) in [5.74, 6) is -0.532. The molecule has 2 aromatic heterocycles. The van der Waals surface area contributed by atoms with Crippen molar-refractivity contribution in [3.05, 3.63) is 59.7 Å². The van der Waals surface area contributed by atoms with E-state index in [2.05, 4.69) is 20.6 Å². The van der Waals surface area contributed by atoms with Crippen molar-refractivity contribution in [1.29, 1.82) is 0 Å². The Labute approximate surface area is 135 Å². The second-order valence-electron chi connectivity index (χ2n) is 5.26. The van der Waals surface area contributed by atoms with Crippen LogP contribution in [0.15, 0.2) is 42.9 Å². The van der Waals surface area contributed by atoms with E-state index in [1.807, 2.05) is 19.9 Å². The van der Waals surface area contributed by atoms with Gasteiger partial charge in [-0.2, -0.15) is 0 Å². The molecule has 0 saturated heterocycles. The quantitative estimate of drug-likeness (QED) is 0.853. The van der Waals surface area contributed by atoms with Gasteiger partial charge in [0.25, 0.3) is 11.8 Å². The van der Waals surface area contributed by atoms with E-state index in [0.29, 0.717) is 12.1 Å². The molecule has 0 radical (unpaired) electrons. The van der Waals surface area contributed by atoms with E-state index in [4.69, 9.17) is 0 Å². The van der Waals surface area contributed by atoms with Gasteiger partial charge in [0.2, 0.25) is 0 Å². The third kappa shape index (κ3) is 4.88. The SMILES string of the molecule is CCC(C)NC(=O)c1ccnc(C(=O)NCc2cccnc2)c1. The molecule has 1 unspecified atom stereocenters. The van der Waals surface area contributed by atoms with E-state index in [-0.39, 0.29) is 23.6 Å². The summed E-state index contributed by atoms with van der Waals surface area (Å²) >= 11 is 0. The zero-order valence-electron chi connectivity index (χ0n) is 13.2. The van der Waals surface area contributed by atoms with Gasteiger partial charge in [-0.3, -0.25) is 19.6 Å². The van der Waals surface area contributed by atoms with Gasteiger partial charge < -0.3 is 10.6 Å². The summed E-state index contributed by atoms with van der Waals surface area (Å²) in [6.45, 7) is 4.28. The maximum Gasteiger partial charge on any atom is 0.270 e. The first-order chi connectivity index (χ1) is 11.1. The molecule has 0 aliphatic rings. The lowest BCUT2D eigenvalue weighted by atomic mass is 10.2. The molecule has 1 atom stereocenters. The number of carbonyl (C=O) groups excluding carboxylic acids is 2. The lowest BCUT2D eigenvalue weighted by Crippen LogP contribution is -2.32. The highest BCUT2D eigenvalue weighted by Gasteiger charge is 2.13. The summed E-state index contributed by atoms with van der Waals surface area (Å²) in [6.07, 6.45) is 5.66. The van der Waals surface area contributed by atoms with Crippen LogP contribution in [-0.2, 0) is 6.54 Å². The summed E-state index contributed by atoms with van der Waals surface area (Å²) in [5, 5.41) is 5.62. The van der Waals surface area contributed by atoms with Crippen LogP contribution in [0, 0.1) is 0 Å². The van der Waals surface area contributed by atoms with E-state index >= 15 is 0 Å². The molecule has 120 valence electrons. The average molecular weight is 312 g/mol. The standard InChI is InChI=1S/C17H20N4O2/c1-3-12(2)21-16(22)14-6-8-19-15(9-14)17(23)20-11-13-5-4-7-18-10-13/h4-10,12H,3,11H2,1-2H3,(H,20,23)(H,21,22). The lowest BCUT2D eigenvalue weighted by Gasteiger charge is -2.11. The Bertz CT molecular complexity index is 673. The third-order valence-corrected chi connectivity index (χ3v) is 3.42. The van der Waals surface area contributed by atoms with Crippen molar-refractivity contribution < 1.29 is 9.59 Å². The highest BCUT2D eigenvalue weighted by atomic mass is 16.2. The normalized spacial score (nSPS) is 11.6. The molecule has 2 N–H and O–H groups in total. The van der Waals surface area contributed by atoms with E-state index in [1.54, 1.807) is 24.5 Å². The van der Waals surface area contributed by atoms with Crippen LogP contribution in [0.4, 0.5) is 0 Å². The second-order valence-corrected chi connectivity index (χ2v) is 5.26. The molecule has 0 aliphatic carbocycles. The minimum absolute atomic E-state index is 0.0820. The number of nitrogens with one attached hydrogen (secondary N) is 2. The highest BCUT2D eigenvalue weighted by Crippen LogP contribution is 2.04. The third-order valence-electron chi connectivity index (χ3n) is 3.42. The van der Waals surface area contributed by atoms with E-state index < -0.39 is 0 Å². The maximum absolute atomic E-state index is 12.1. The van der Waals surface area contributed by atoms with Crippen LogP contribution in [0.1, 0.15) is 46.7 Å². The van der Waals surface area contributed by atoms with Crippen LogP contribution in [0.2, 0.25) is 0 Å². The molecular formula is C17H20N4O2. The monoisotopic (exact) mass is 312 g/mol. The summed E-state index contributed by atoms with van der Waals surface area (Å²) in [7, 11) is 0. The Kier molecular flexibility index (Phi) is 5.80. The fourth-order valence-electron chi connectivity index (χ4n) is 1.88. The minimum Gasteiger partial charge on any atom is -0.350 e. The molecular weight excluding hydrogens is 292 g/mol. The van der Waals surface area contributed by atoms with Crippen LogP contribution in [0.3, 0.4) is 0 Å². The Morgan fingerprint density at radius 1 is 1.22 bits per heavy atom. The fourth-order valence-corrected chi connectivity index (χ4v) is 1.88. The van der Waals surface area contributed by atoms with Gasteiger partial charge >= 0.3 is 0 Å². The number of pyridine rings is 2. The molecule has 6 nitrogen and oxygen atoms in total. The maximum atomic E-state index is 12.1. The number of nitrogens with zero attached hydrogens (tertiary/aromatic N) is 2. The number of carbonyl (C=O) groups is 2. The first-order valence-electron chi connectivity index (χ1n) is 7.54. The van der Waals surface area contributed by atoms with Crippen molar-refractivity contribution in [3.63, 3.8) is 0 Å². The van der Waals surface area contributed by atoms with Crippen molar-refractivity contribution >= 4 is 11.8 Å². The van der Waals surface area contributed by atoms with Crippen LogP contribution in [0.5, 0.6) is 0 Å². The molecule has 2 rings (SSSR count). The molecule has 0 bridgehead atoms. The summed E-state index contributed by atoms with van der Waals surface area (Å²) < 4.78 is 0. The number of amides is 2. The molecule has 0 aromatic carbocycles. The zero-order chi connectivity index (χ0) is 16.7. The molecule has 0 spiro atoms. The molecule has 6 heteroatoms. The van der Waals surface area contributed by atoms with Crippen molar-refractivity contribution in [2.24, 2.45) is 0 Å². The van der Waals surface area contributed by atoms with Crippen molar-refractivity contribution in [3.8, 4) is 0 Å². The number of aromatic nitrogens is 2. The van der Waals surface area contributed by atoms with Gasteiger partial charge in [0, 0.05) is 36.7 Å². The van der Waals surface area contributed by atoms with E-state index in [1.165, 1.54) is 12.3 Å². The van der Waals surface area contributed by atoms with Gasteiger partial charge in [-0.25, -0.2) is 0 Å². The molecule has 0 fully saturated rings. The first kappa shape index (κ1) is 16.6. The minimum atomic E-state index is -0.327. The topological polar surface area (TPSA) is 84.0 Å². The highest BCUT2D eigenvalue weighted by molar-refractivity contribution is 5.98. The van der Waals surface area contributed by atoms with Crippen LogP contribution >= 0.6 is 0 Å². The Morgan fingerprint density at radius 2 is 2.04 bits per heavy atom. The summed E-state index contributed by atoms with van der Waals surface area (Å²) in [5.41, 5.74) is 1.53. The van der Waals surface area contributed by atoms with Crippen LogP contribution in [-0.4, -0.2) is 27.8 Å². The Balaban J connectivity index is 2.01. The van der Waals surface area contributed by atoms with Crippen LogP contribution < -0.4 is 10.6 Å². The molecule has 0 aliphatic heterocycles. The van der Waals surface area contributed by atoms with Gasteiger partial charge in [0.05, 0.1) is 0 Å². The van der Waals surface area contributed by atoms with Gasteiger partial charge in [-0.05, 0) is 37.1 Å². The zero-order valence-corrected chi connectivity index (χ0v) is 13.2. The number of hydrogen-bond acceptors (Lipinski definition) is 4. The van der Waals surface area contributed by atoms with Gasteiger partial charge in [0.1, 0.15) is 5.69 Å². The van der Waals surface area contributed by atoms with Crippen molar-refractivity contribution in [2.45, 2.75) is 32.9 Å². The van der Waals surface area contributed by atoms with E-state index in [0.717, 1.165) is 12.0 Å². The molecule has 2 heterocycles.